The van der Waals surface area contributed by atoms with Crippen LogP contribution in [0.5, 0.6) is 0 Å². The Morgan fingerprint density at radius 2 is 1.92 bits per heavy atom. The molecule has 26 heavy (non-hydrogen) atoms. The van der Waals surface area contributed by atoms with Crippen molar-refractivity contribution in [2.24, 2.45) is 7.05 Å². The zero-order valence-electron chi connectivity index (χ0n) is 14.7. The second-order valence-corrected chi connectivity index (χ2v) is 6.26. The molecule has 2 aromatic heterocycles. The number of benzene rings is 2. The fraction of sp³-hybridized carbons (Fsp3) is 0.150. The molecule has 2 heterocycles. The number of nitrogens with zero attached hydrogens (tertiary/aromatic N) is 4. The summed E-state index contributed by atoms with van der Waals surface area (Å²) in [5.41, 5.74) is 2.56. The van der Waals surface area contributed by atoms with E-state index in [1.165, 1.54) is 16.3 Å². The molecule has 0 atom stereocenters. The summed E-state index contributed by atoms with van der Waals surface area (Å²) in [6.45, 7) is 2.50. The van der Waals surface area contributed by atoms with Crippen molar-refractivity contribution in [3.63, 3.8) is 0 Å². The quantitative estimate of drug-likeness (QED) is 0.617. The van der Waals surface area contributed by atoms with Crippen molar-refractivity contribution in [1.29, 1.82) is 0 Å². The molecular formula is C20H19N5O. The molecule has 4 rings (SSSR count). The van der Waals surface area contributed by atoms with Crippen LogP contribution in [0.25, 0.3) is 10.8 Å². The molecular weight excluding hydrogens is 326 g/mol. The lowest BCUT2D eigenvalue weighted by atomic mass is 10.0. The Morgan fingerprint density at radius 1 is 1.12 bits per heavy atom. The van der Waals surface area contributed by atoms with Gasteiger partial charge in [-0.25, -0.2) is 0 Å². The van der Waals surface area contributed by atoms with Crippen molar-refractivity contribution in [1.82, 2.24) is 19.6 Å². The van der Waals surface area contributed by atoms with Crippen molar-refractivity contribution in [3.05, 3.63) is 77.7 Å². The fourth-order valence-corrected chi connectivity index (χ4v) is 3.03. The van der Waals surface area contributed by atoms with E-state index in [2.05, 4.69) is 45.8 Å². The minimum Gasteiger partial charge on any atom is -0.305 e. The number of amides is 1. The SMILES string of the molecule is Cc1c(C(=O)Nc2ccn(Cc3cccc4ccccc34)n2)cnn1C. The molecule has 0 saturated carbocycles. The maximum absolute atomic E-state index is 12.4. The number of rotatable bonds is 4. The molecule has 130 valence electrons. The van der Waals surface area contributed by atoms with Crippen molar-refractivity contribution >= 4 is 22.5 Å². The van der Waals surface area contributed by atoms with Crippen LogP contribution in [0.1, 0.15) is 21.6 Å². The number of hydrogen-bond donors (Lipinski definition) is 1. The summed E-state index contributed by atoms with van der Waals surface area (Å²) in [6, 6.07) is 16.3. The lowest BCUT2D eigenvalue weighted by Gasteiger charge is -2.07. The molecule has 1 amide bonds. The first kappa shape index (κ1) is 16.1. The third-order valence-electron chi connectivity index (χ3n) is 4.57. The van der Waals surface area contributed by atoms with Gasteiger partial charge in [-0.1, -0.05) is 42.5 Å². The topological polar surface area (TPSA) is 64.7 Å². The van der Waals surface area contributed by atoms with E-state index in [1.54, 1.807) is 16.9 Å². The van der Waals surface area contributed by atoms with Crippen LogP contribution < -0.4 is 5.32 Å². The summed E-state index contributed by atoms with van der Waals surface area (Å²) < 4.78 is 3.50. The Bertz CT molecular complexity index is 1090. The van der Waals surface area contributed by atoms with E-state index >= 15 is 0 Å². The molecule has 0 aliphatic rings. The second-order valence-electron chi connectivity index (χ2n) is 6.26. The van der Waals surface area contributed by atoms with Crippen LogP contribution in [-0.2, 0) is 13.6 Å². The highest BCUT2D eigenvalue weighted by Crippen LogP contribution is 2.19. The number of hydrogen-bond acceptors (Lipinski definition) is 3. The minimum absolute atomic E-state index is 0.203. The Morgan fingerprint density at radius 3 is 2.73 bits per heavy atom. The average molecular weight is 345 g/mol. The first-order valence-electron chi connectivity index (χ1n) is 8.42. The number of carbonyl (C=O) groups is 1. The molecule has 0 spiro atoms. The van der Waals surface area contributed by atoms with E-state index < -0.39 is 0 Å². The van der Waals surface area contributed by atoms with Gasteiger partial charge in [0.15, 0.2) is 5.82 Å². The van der Waals surface area contributed by atoms with Gasteiger partial charge in [0.05, 0.1) is 18.3 Å². The Hall–Kier alpha value is -3.41. The van der Waals surface area contributed by atoms with Gasteiger partial charge in [0.25, 0.3) is 5.91 Å². The first-order chi connectivity index (χ1) is 12.6. The first-order valence-corrected chi connectivity index (χ1v) is 8.42. The van der Waals surface area contributed by atoms with Crippen LogP contribution in [0.4, 0.5) is 5.82 Å². The molecule has 0 bridgehead atoms. The van der Waals surface area contributed by atoms with Gasteiger partial charge in [0, 0.05) is 25.0 Å². The largest absolute Gasteiger partial charge is 0.305 e. The zero-order valence-corrected chi connectivity index (χ0v) is 14.7. The molecule has 0 saturated heterocycles. The normalized spacial score (nSPS) is 11.0. The van der Waals surface area contributed by atoms with Crippen molar-refractivity contribution in [2.75, 3.05) is 5.32 Å². The monoisotopic (exact) mass is 345 g/mol. The van der Waals surface area contributed by atoms with Crippen molar-refractivity contribution in [2.45, 2.75) is 13.5 Å². The molecule has 4 aromatic rings. The number of aromatic nitrogens is 4. The van der Waals surface area contributed by atoms with Gasteiger partial charge in [-0.05, 0) is 23.3 Å². The van der Waals surface area contributed by atoms with Gasteiger partial charge in [-0.2, -0.15) is 10.2 Å². The van der Waals surface area contributed by atoms with Gasteiger partial charge in [-0.15, -0.1) is 0 Å². The lowest BCUT2D eigenvalue weighted by molar-refractivity contribution is 0.102. The van der Waals surface area contributed by atoms with Crippen LogP contribution in [0.3, 0.4) is 0 Å². The molecule has 0 fully saturated rings. The average Bonchev–Trinajstić information content (AvgIpc) is 3.22. The highest BCUT2D eigenvalue weighted by atomic mass is 16.1. The number of nitrogens with one attached hydrogen (secondary N) is 1. The zero-order chi connectivity index (χ0) is 18.1. The standard InChI is InChI=1S/C20H19N5O/c1-14-18(12-21-24(14)2)20(26)22-19-10-11-25(23-19)13-16-8-5-7-15-6-3-4-9-17(15)16/h3-12H,13H2,1-2H3,(H,22,23,26). The summed E-state index contributed by atoms with van der Waals surface area (Å²) >= 11 is 0. The number of anilines is 1. The fourth-order valence-electron chi connectivity index (χ4n) is 3.03. The Labute approximate surface area is 151 Å². The number of carbonyl (C=O) groups excluding carboxylic acids is 1. The van der Waals surface area contributed by atoms with E-state index in [9.17, 15) is 4.79 Å². The van der Waals surface area contributed by atoms with Gasteiger partial charge in [0.1, 0.15) is 0 Å². The molecule has 1 N–H and O–H groups in total. The van der Waals surface area contributed by atoms with Crippen LogP contribution in [0.15, 0.2) is 60.9 Å². The molecule has 6 heteroatoms. The van der Waals surface area contributed by atoms with E-state index in [0.29, 0.717) is 17.9 Å². The Balaban J connectivity index is 1.53. The third kappa shape index (κ3) is 2.97. The smallest absolute Gasteiger partial charge is 0.260 e. The number of fused-ring (bicyclic) bond motifs is 1. The third-order valence-corrected chi connectivity index (χ3v) is 4.57. The van der Waals surface area contributed by atoms with Crippen molar-refractivity contribution < 1.29 is 4.79 Å². The van der Waals surface area contributed by atoms with Gasteiger partial charge in [-0.3, -0.25) is 14.2 Å². The molecule has 0 aliphatic carbocycles. The maximum Gasteiger partial charge on any atom is 0.260 e. The van der Waals surface area contributed by atoms with Crippen LogP contribution in [0, 0.1) is 6.92 Å². The molecule has 2 aromatic carbocycles. The van der Waals surface area contributed by atoms with Crippen LogP contribution in [-0.4, -0.2) is 25.5 Å². The van der Waals surface area contributed by atoms with Crippen molar-refractivity contribution in [3.8, 4) is 0 Å². The van der Waals surface area contributed by atoms with Crippen LogP contribution in [0.2, 0.25) is 0 Å². The van der Waals surface area contributed by atoms with Gasteiger partial charge in [0.2, 0.25) is 0 Å². The minimum atomic E-state index is -0.203. The second kappa shape index (κ2) is 6.48. The predicted octanol–water partition coefficient (Wildman–Crippen LogP) is 3.38. The Kier molecular flexibility index (Phi) is 4.01. The predicted molar refractivity (Wildman–Crippen MR) is 101 cm³/mol. The molecule has 0 unspecified atom stereocenters. The van der Waals surface area contributed by atoms with Crippen LogP contribution >= 0.6 is 0 Å². The highest BCUT2D eigenvalue weighted by Gasteiger charge is 2.14. The summed E-state index contributed by atoms with van der Waals surface area (Å²) in [5, 5.41) is 13.8. The molecule has 6 nitrogen and oxygen atoms in total. The lowest BCUT2D eigenvalue weighted by Crippen LogP contribution is -2.14. The summed E-state index contributed by atoms with van der Waals surface area (Å²) in [5.74, 6) is 0.324. The number of aryl methyl sites for hydroxylation is 1. The van der Waals surface area contributed by atoms with E-state index in [4.69, 9.17) is 0 Å². The maximum atomic E-state index is 12.4. The molecule has 0 aliphatic heterocycles. The van der Waals surface area contributed by atoms with E-state index in [1.807, 2.05) is 37.0 Å². The highest BCUT2D eigenvalue weighted by molar-refractivity contribution is 6.04. The summed E-state index contributed by atoms with van der Waals surface area (Å²) in [7, 11) is 1.81. The van der Waals surface area contributed by atoms with E-state index in [-0.39, 0.29) is 5.91 Å². The van der Waals surface area contributed by atoms with Gasteiger partial charge >= 0.3 is 0 Å². The summed E-state index contributed by atoms with van der Waals surface area (Å²) in [4.78, 5) is 12.4. The van der Waals surface area contributed by atoms with E-state index in [0.717, 1.165) is 5.69 Å². The summed E-state index contributed by atoms with van der Waals surface area (Å²) in [6.07, 6.45) is 3.44. The molecule has 0 radical (unpaired) electrons. The van der Waals surface area contributed by atoms with Gasteiger partial charge < -0.3 is 5.32 Å².